The molecule has 1 aromatic carbocycles. The fraction of sp³-hybridized carbons (Fsp3) is 0.652. The Morgan fingerprint density at radius 1 is 1.12 bits per heavy atom. The molecule has 1 atom stereocenters. The van der Waals surface area contributed by atoms with Gasteiger partial charge in [0, 0.05) is 70.6 Å². The number of aliphatic imine (C=N–C) groups is 1. The Morgan fingerprint density at radius 3 is 2.38 bits per heavy atom. The number of benzene rings is 1. The van der Waals surface area contributed by atoms with E-state index in [4.69, 9.17) is 4.74 Å². The molecule has 2 heterocycles. The Hall–Kier alpha value is -1.75. The van der Waals surface area contributed by atoms with Crippen molar-refractivity contribution in [3.05, 3.63) is 30.3 Å². The van der Waals surface area contributed by atoms with Crippen molar-refractivity contribution in [2.75, 3.05) is 64.4 Å². The Kier molecular flexibility index (Phi) is 11.4. The van der Waals surface area contributed by atoms with Crippen molar-refractivity contribution >= 4 is 41.7 Å². The maximum Gasteiger partial charge on any atom is 0.409 e. The zero-order valence-electron chi connectivity index (χ0n) is 19.6. The highest BCUT2D eigenvalue weighted by Gasteiger charge is 2.25. The van der Waals surface area contributed by atoms with E-state index in [1.807, 2.05) is 14.0 Å². The molecule has 32 heavy (non-hydrogen) atoms. The molecule has 2 aliphatic rings. The minimum absolute atomic E-state index is 0. The molecule has 1 aromatic rings. The van der Waals surface area contributed by atoms with Gasteiger partial charge in [-0.3, -0.25) is 9.89 Å². The number of para-hydroxylation sites is 1. The third kappa shape index (κ3) is 7.68. The summed E-state index contributed by atoms with van der Waals surface area (Å²) in [6.07, 6.45) is 1.59. The van der Waals surface area contributed by atoms with E-state index in [0.717, 1.165) is 64.6 Å². The highest BCUT2D eigenvalue weighted by Crippen LogP contribution is 2.16. The topological polar surface area (TPSA) is 72.4 Å². The average Bonchev–Trinajstić information content (AvgIpc) is 2.82. The SMILES string of the molecule is CCOC(=O)N1CCC(NC(=NC)NCC(C)N2CCN(c3ccccc3)CC2)CC1.I. The molecular weight excluding hydrogens is 519 g/mol. The van der Waals surface area contributed by atoms with Crippen molar-refractivity contribution in [2.45, 2.75) is 38.8 Å². The Morgan fingerprint density at radius 2 is 1.78 bits per heavy atom. The van der Waals surface area contributed by atoms with Gasteiger partial charge in [-0.25, -0.2) is 4.79 Å². The van der Waals surface area contributed by atoms with Crippen LogP contribution in [0.15, 0.2) is 35.3 Å². The molecule has 3 rings (SSSR count). The van der Waals surface area contributed by atoms with Crippen LogP contribution in [0.3, 0.4) is 0 Å². The van der Waals surface area contributed by atoms with Crippen LogP contribution in [0.25, 0.3) is 0 Å². The number of hydrogen-bond donors (Lipinski definition) is 2. The average molecular weight is 559 g/mol. The van der Waals surface area contributed by atoms with Crippen molar-refractivity contribution in [3.63, 3.8) is 0 Å². The molecule has 2 aliphatic heterocycles. The van der Waals surface area contributed by atoms with E-state index < -0.39 is 0 Å². The fourth-order valence-electron chi connectivity index (χ4n) is 4.24. The van der Waals surface area contributed by atoms with E-state index in [0.29, 0.717) is 18.7 Å². The van der Waals surface area contributed by atoms with E-state index in [2.05, 4.69) is 62.7 Å². The summed E-state index contributed by atoms with van der Waals surface area (Å²) in [5.74, 6) is 0.837. The lowest BCUT2D eigenvalue weighted by Gasteiger charge is -2.39. The largest absolute Gasteiger partial charge is 0.450 e. The highest BCUT2D eigenvalue weighted by atomic mass is 127. The van der Waals surface area contributed by atoms with Crippen LogP contribution >= 0.6 is 24.0 Å². The second kappa shape index (κ2) is 13.7. The van der Waals surface area contributed by atoms with Gasteiger partial charge < -0.3 is 25.2 Å². The third-order valence-corrected chi connectivity index (χ3v) is 6.21. The summed E-state index contributed by atoms with van der Waals surface area (Å²) in [7, 11) is 1.81. The number of hydrogen-bond acceptors (Lipinski definition) is 5. The molecule has 2 fully saturated rings. The number of likely N-dealkylation sites (tertiary alicyclic amines) is 1. The van der Waals surface area contributed by atoms with Crippen LogP contribution in [0.2, 0.25) is 0 Å². The first kappa shape index (κ1) is 26.5. The Balaban J connectivity index is 0.00000363. The summed E-state index contributed by atoms with van der Waals surface area (Å²) < 4.78 is 5.10. The van der Waals surface area contributed by atoms with E-state index in [1.54, 1.807) is 4.90 Å². The first-order chi connectivity index (χ1) is 15.1. The van der Waals surface area contributed by atoms with Gasteiger partial charge >= 0.3 is 6.09 Å². The molecule has 0 saturated carbocycles. The number of halogens is 1. The number of anilines is 1. The molecule has 0 bridgehead atoms. The molecule has 9 heteroatoms. The van der Waals surface area contributed by atoms with Crippen molar-refractivity contribution in [2.24, 2.45) is 4.99 Å². The van der Waals surface area contributed by atoms with Gasteiger partial charge in [-0.05, 0) is 38.8 Å². The molecule has 2 saturated heterocycles. The summed E-state index contributed by atoms with van der Waals surface area (Å²) >= 11 is 0. The molecule has 0 spiro atoms. The van der Waals surface area contributed by atoms with Gasteiger partial charge in [-0.2, -0.15) is 0 Å². The molecule has 180 valence electrons. The predicted molar refractivity (Wildman–Crippen MR) is 141 cm³/mol. The number of nitrogens with one attached hydrogen (secondary N) is 2. The predicted octanol–water partition coefficient (Wildman–Crippen LogP) is 2.60. The summed E-state index contributed by atoms with van der Waals surface area (Å²) in [4.78, 5) is 23.0. The number of ether oxygens (including phenoxy) is 1. The van der Waals surface area contributed by atoms with Crippen LogP contribution in [0, 0.1) is 0 Å². The van der Waals surface area contributed by atoms with Gasteiger partial charge in [0.15, 0.2) is 5.96 Å². The molecule has 1 amide bonds. The lowest BCUT2D eigenvalue weighted by Crippen LogP contribution is -2.54. The Labute approximate surface area is 209 Å². The van der Waals surface area contributed by atoms with E-state index in [-0.39, 0.29) is 30.1 Å². The zero-order valence-corrected chi connectivity index (χ0v) is 22.0. The van der Waals surface area contributed by atoms with E-state index in [1.165, 1.54) is 5.69 Å². The number of piperazine rings is 1. The van der Waals surface area contributed by atoms with Gasteiger partial charge in [-0.1, -0.05) is 18.2 Å². The van der Waals surface area contributed by atoms with Crippen molar-refractivity contribution < 1.29 is 9.53 Å². The standard InChI is InChI=1S/C23H38N6O2.HI/c1-4-31-23(30)29-12-10-20(11-13-29)26-22(24-3)25-18-19(2)27-14-16-28(17-15-27)21-8-6-5-7-9-21;/h5-9,19-20H,4,10-18H2,1-3H3,(H2,24,25,26);1H. The molecule has 8 nitrogen and oxygen atoms in total. The molecule has 1 unspecified atom stereocenters. The van der Waals surface area contributed by atoms with Gasteiger partial charge in [-0.15, -0.1) is 24.0 Å². The number of carbonyl (C=O) groups is 1. The molecule has 0 aromatic heterocycles. The highest BCUT2D eigenvalue weighted by molar-refractivity contribution is 14.0. The first-order valence-electron chi connectivity index (χ1n) is 11.5. The minimum atomic E-state index is -0.204. The normalized spacial score (nSPS) is 19.2. The van der Waals surface area contributed by atoms with Gasteiger partial charge in [0.2, 0.25) is 0 Å². The van der Waals surface area contributed by atoms with Crippen LogP contribution < -0.4 is 15.5 Å². The lowest BCUT2D eigenvalue weighted by atomic mass is 10.1. The molecule has 0 aliphatic carbocycles. The number of carbonyl (C=O) groups excluding carboxylic acids is 1. The first-order valence-corrected chi connectivity index (χ1v) is 11.5. The minimum Gasteiger partial charge on any atom is -0.450 e. The summed E-state index contributed by atoms with van der Waals surface area (Å²) in [5, 5.41) is 7.01. The van der Waals surface area contributed by atoms with Crippen LogP contribution in [0.1, 0.15) is 26.7 Å². The number of rotatable bonds is 6. The van der Waals surface area contributed by atoms with Crippen LogP contribution in [0.4, 0.5) is 10.5 Å². The Bertz CT molecular complexity index is 704. The van der Waals surface area contributed by atoms with Crippen molar-refractivity contribution in [3.8, 4) is 0 Å². The zero-order chi connectivity index (χ0) is 22.1. The van der Waals surface area contributed by atoms with E-state index in [9.17, 15) is 4.79 Å². The molecular formula is C23H39IN6O2. The summed E-state index contributed by atoms with van der Waals surface area (Å²) in [5.41, 5.74) is 1.31. The summed E-state index contributed by atoms with van der Waals surface area (Å²) in [6, 6.07) is 11.4. The summed E-state index contributed by atoms with van der Waals surface area (Å²) in [6.45, 7) is 11.1. The quantitative estimate of drug-likeness (QED) is 0.318. The van der Waals surface area contributed by atoms with Crippen molar-refractivity contribution in [1.82, 2.24) is 20.4 Å². The van der Waals surface area contributed by atoms with Gasteiger partial charge in [0.25, 0.3) is 0 Å². The molecule has 0 radical (unpaired) electrons. The maximum atomic E-state index is 11.9. The number of amides is 1. The van der Waals surface area contributed by atoms with Crippen LogP contribution in [0.5, 0.6) is 0 Å². The molecule has 2 N–H and O–H groups in total. The van der Waals surface area contributed by atoms with Crippen LogP contribution in [-0.2, 0) is 4.74 Å². The van der Waals surface area contributed by atoms with Crippen LogP contribution in [-0.4, -0.2) is 93.4 Å². The third-order valence-electron chi connectivity index (χ3n) is 6.21. The van der Waals surface area contributed by atoms with E-state index >= 15 is 0 Å². The maximum absolute atomic E-state index is 11.9. The number of nitrogens with zero attached hydrogens (tertiary/aromatic N) is 4. The fourth-order valence-corrected chi connectivity index (χ4v) is 4.24. The number of guanidine groups is 1. The number of piperidine rings is 1. The monoisotopic (exact) mass is 558 g/mol. The smallest absolute Gasteiger partial charge is 0.409 e. The second-order valence-electron chi connectivity index (χ2n) is 8.27. The van der Waals surface area contributed by atoms with Gasteiger partial charge in [0.1, 0.15) is 0 Å². The van der Waals surface area contributed by atoms with Gasteiger partial charge in [0.05, 0.1) is 6.61 Å². The second-order valence-corrected chi connectivity index (χ2v) is 8.27. The van der Waals surface area contributed by atoms with Crippen molar-refractivity contribution in [1.29, 1.82) is 0 Å². The lowest BCUT2D eigenvalue weighted by molar-refractivity contribution is 0.0963.